The number of benzene rings is 1. The highest BCUT2D eigenvalue weighted by molar-refractivity contribution is 9.09. The van der Waals surface area contributed by atoms with Gasteiger partial charge in [0.15, 0.2) is 5.78 Å². The third-order valence-electron chi connectivity index (χ3n) is 2.95. The highest BCUT2D eigenvalue weighted by atomic mass is 79.9. The molecule has 0 fully saturated rings. The van der Waals surface area contributed by atoms with Crippen molar-refractivity contribution in [3.8, 4) is 0 Å². The summed E-state index contributed by atoms with van der Waals surface area (Å²) in [5.41, 5.74) is 4.81. The van der Waals surface area contributed by atoms with Crippen molar-refractivity contribution in [2.45, 2.75) is 25.6 Å². The molecule has 2 aromatic rings. The van der Waals surface area contributed by atoms with E-state index in [0.29, 0.717) is 0 Å². The minimum atomic E-state index is -0.324. The number of nitrogens with zero attached hydrogens (tertiary/aromatic N) is 1. The Labute approximate surface area is 122 Å². The Bertz CT molecular complexity index is 602. The number of aryl methyl sites for hydroxylation is 3. The van der Waals surface area contributed by atoms with E-state index >= 15 is 0 Å². The van der Waals surface area contributed by atoms with Gasteiger partial charge in [0.05, 0.1) is 0 Å². The molecule has 0 amide bonds. The molecule has 1 atom stereocenters. The Morgan fingerprint density at radius 3 is 2.32 bits per heavy atom. The number of rotatable bonds is 3. The summed E-state index contributed by atoms with van der Waals surface area (Å²) in [7, 11) is 0. The van der Waals surface area contributed by atoms with Crippen LogP contribution in [0.1, 0.15) is 37.6 Å². The number of ketones is 1. The van der Waals surface area contributed by atoms with Crippen LogP contribution >= 0.6 is 15.9 Å². The number of alkyl halides is 1. The molecule has 0 spiro atoms. The number of hydrogen-bond acceptors (Lipinski definition) is 2. The number of carbonyl (C=O) groups excluding carboxylic acids is 1. The number of pyridine rings is 1. The van der Waals surface area contributed by atoms with Gasteiger partial charge in [-0.15, -0.1) is 0 Å². The molecule has 0 aliphatic carbocycles. The molecule has 0 bridgehead atoms. The van der Waals surface area contributed by atoms with Crippen molar-refractivity contribution >= 4 is 21.7 Å². The highest BCUT2D eigenvalue weighted by Gasteiger charge is 2.19. The van der Waals surface area contributed by atoms with Gasteiger partial charge in [-0.1, -0.05) is 33.1 Å². The molecule has 0 saturated heterocycles. The monoisotopic (exact) mass is 317 g/mol. The molecule has 0 saturated carbocycles. The maximum Gasteiger partial charge on any atom is 0.180 e. The minimum Gasteiger partial charge on any atom is -0.293 e. The third kappa shape index (κ3) is 3.29. The van der Waals surface area contributed by atoms with E-state index in [4.69, 9.17) is 0 Å². The van der Waals surface area contributed by atoms with Gasteiger partial charge in [0.1, 0.15) is 4.83 Å². The lowest BCUT2D eigenvalue weighted by Gasteiger charge is -2.11. The summed E-state index contributed by atoms with van der Waals surface area (Å²) in [4.78, 5) is 16.3. The van der Waals surface area contributed by atoms with Crippen LogP contribution in [0.3, 0.4) is 0 Å². The Morgan fingerprint density at radius 1 is 1.11 bits per heavy atom. The molecule has 2 nitrogen and oxygen atoms in total. The first-order chi connectivity index (χ1) is 8.97. The summed E-state index contributed by atoms with van der Waals surface area (Å²) in [6.45, 7) is 5.93. The van der Waals surface area contributed by atoms with Crippen LogP contribution < -0.4 is 0 Å². The van der Waals surface area contributed by atoms with E-state index < -0.39 is 0 Å². The molecule has 1 heterocycles. The topological polar surface area (TPSA) is 30.0 Å². The lowest BCUT2D eigenvalue weighted by atomic mass is 9.99. The van der Waals surface area contributed by atoms with E-state index in [1.165, 1.54) is 0 Å². The number of carbonyl (C=O) groups is 1. The predicted octanol–water partition coefficient (Wildman–Crippen LogP) is 4.33. The first-order valence-electron chi connectivity index (χ1n) is 6.16. The van der Waals surface area contributed by atoms with Crippen molar-refractivity contribution in [2.24, 2.45) is 0 Å². The fraction of sp³-hybridized carbons (Fsp3) is 0.250. The van der Waals surface area contributed by atoms with Crippen LogP contribution in [0.2, 0.25) is 0 Å². The van der Waals surface area contributed by atoms with Gasteiger partial charge >= 0.3 is 0 Å². The molecular weight excluding hydrogens is 302 g/mol. The van der Waals surface area contributed by atoms with Gasteiger partial charge in [-0.2, -0.15) is 0 Å². The second kappa shape index (κ2) is 5.66. The third-order valence-corrected chi connectivity index (χ3v) is 3.89. The van der Waals surface area contributed by atoms with Gasteiger partial charge in [0.25, 0.3) is 0 Å². The molecule has 1 aromatic carbocycles. The van der Waals surface area contributed by atoms with Crippen molar-refractivity contribution in [1.82, 2.24) is 4.98 Å². The van der Waals surface area contributed by atoms with E-state index in [9.17, 15) is 4.79 Å². The zero-order chi connectivity index (χ0) is 14.0. The molecule has 0 aliphatic rings. The maximum atomic E-state index is 12.5. The minimum absolute atomic E-state index is 0.0809. The van der Waals surface area contributed by atoms with Crippen molar-refractivity contribution in [1.29, 1.82) is 0 Å². The van der Waals surface area contributed by atoms with Crippen LogP contribution in [0, 0.1) is 20.8 Å². The molecule has 1 aromatic heterocycles. The second-order valence-electron chi connectivity index (χ2n) is 4.83. The standard InChI is InChI=1S/C16H16BrNO/c1-10-6-11(2)8-14(7-10)16(19)15(17)13-4-5-18-12(3)9-13/h4-9,15H,1-3H3/t15-/m1/s1. The smallest absolute Gasteiger partial charge is 0.180 e. The Kier molecular flexibility index (Phi) is 4.15. The zero-order valence-electron chi connectivity index (χ0n) is 11.3. The number of halogens is 1. The molecule has 0 aliphatic heterocycles. The Balaban J connectivity index is 2.33. The van der Waals surface area contributed by atoms with Crippen molar-refractivity contribution in [3.05, 3.63) is 64.5 Å². The Hall–Kier alpha value is -1.48. The van der Waals surface area contributed by atoms with E-state index in [-0.39, 0.29) is 10.6 Å². The lowest BCUT2D eigenvalue weighted by Crippen LogP contribution is -2.08. The molecular formula is C16H16BrNO. The SMILES string of the molecule is Cc1cc(C)cc(C(=O)[C@H](Br)c2ccnc(C)c2)c1. The normalized spacial score (nSPS) is 12.2. The Morgan fingerprint density at radius 2 is 1.74 bits per heavy atom. The van der Waals surface area contributed by atoms with Gasteiger partial charge in [-0.05, 0) is 50.6 Å². The van der Waals surface area contributed by atoms with Crippen molar-refractivity contribution in [3.63, 3.8) is 0 Å². The number of Topliss-reactive ketones (excluding diaryl/α,β-unsaturated/α-hetero) is 1. The van der Waals surface area contributed by atoms with E-state index in [2.05, 4.69) is 27.0 Å². The lowest BCUT2D eigenvalue weighted by molar-refractivity contribution is 0.0991. The van der Waals surface area contributed by atoms with Gasteiger partial charge in [0, 0.05) is 17.5 Å². The first-order valence-corrected chi connectivity index (χ1v) is 7.08. The average molecular weight is 318 g/mol. The molecule has 19 heavy (non-hydrogen) atoms. The van der Waals surface area contributed by atoms with E-state index in [1.807, 2.05) is 45.0 Å². The summed E-state index contributed by atoms with van der Waals surface area (Å²) in [6, 6.07) is 9.72. The second-order valence-corrected chi connectivity index (χ2v) is 5.75. The van der Waals surface area contributed by atoms with Gasteiger partial charge < -0.3 is 0 Å². The van der Waals surface area contributed by atoms with Crippen LogP contribution in [0.25, 0.3) is 0 Å². The fourth-order valence-electron chi connectivity index (χ4n) is 2.14. The number of hydrogen-bond donors (Lipinski definition) is 0. The molecule has 3 heteroatoms. The van der Waals surface area contributed by atoms with E-state index in [1.54, 1.807) is 6.20 Å². The van der Waals surface area contributed by atoms with Gasteiger partial charge in [-0.3, -0.25) is 9.78 Å². The zero-order valence-corrected chi connectivity index (χ0v) is 12.9. The molecule has 0 N–H and O–H groups in total. The average Bonchev–Trinajstić information content (AvgIpc) is 2.36. The predicted molar refractivity (Wildman–Crippen MR) is 80.9 cm³/mol. The van der Waals surface area contributed by atoms with Crippen LogP contribution in [-0.2, 0) is 0 Å². The van der Waals surface area contributed by atoms with E-state index in [0.717, 1.165) is 27.9 Å². The summed E-state index contributed by atoms with van der Waals surface area (Å²) in [5, 5.41) is 0. The molecule has 0 unspecified atom stereocenters. The summed E-state index contributed by atoms with van der Waals surface area (Å²) in [6.07, 6.45) is 1.73. The van der Waals surface area contributed by atoms with Crippen LogP contribution in [0.4, 0.5) is 0 Å². The van der Waals surface area contributed by atoms with Crippen molar-refractivity contribution in [2.75, 3.05) is 0 Å². The van der Waals surface area contributed by atoms with Crippen LogP contribution in [0.5, 0.6) is 0 Å². The van der Waals surface area contributed by atoms with Crippen LogP contribution in [0.15, 0.2) is 36.5 Å². The molecule has 98 valence electrons. The largest absolute Gasteiger partial charge is 0.293 e. The van der Waals surface area contributed by atoms with Crippen molar-refractivity contribution < 1.29 is 4.79 Å². The molecule has 2 rings (SSSR count). The van der Waals surface area contributed by atoms with Gasteiger partial charge in [-0.25, -0.2) is 0 Å². The summed E-state index contributed by atoms with van der Waals surface area (Å²) in [5.74, 6) is 0.0809. The quantitative estimate of drug-likeness (QED) is 0.623. The summed E-state index contributed by atoms with van der Waals surface area (Å²) >= 11 is 3.49. The van der Waals surface area contributed by atoms with Crippen LogP contribution in [-0.4, -0.2) is 10.8 Å². The summed E-state index contributed by atoms with van der Waals surface area (Å²) < 4.78 is 0. The highest BCUT2D eigenvalue weighted by Crippen LogP contribution is 2.27. The maximum absolute atomic E-state index is 12.5. The number of aromatic nitrogens is 1. The van der Waals surface area contributed by atoms with Gasteiger partial charge in [0.2, 0.25) is 0 Å². The molecule has 0 radical (unpaired) electrons. The first kappa shape index (κ1) is 13.9. The fourth-order valence-corrected chi connectivity index (χ4v) is 2.69.